The van der Waals surface area contributed by atoms with Crippen LogP contribution in [-0.2, 0) is 0 Å². The molecule has 1 radical (unpaired) electrons. The third-order valence-corrected chi connectivity index (χ3v) is 3.22. The Morgan fingerprint density at radius 1 is 0.917 bits per heavy atom. The molecule has 69 valence electrons. The Morgan fingerprint density at radius 3 is 1.92 bits per heavy atom. The van der Waals surface area contributed by atoms with Crippen molar-refractivity contribution in [2.24, 2.45) is 0 Å². The van der Waals surface area contributed by atoms with E-state index < -0.39 is 0 Å². The van der Waals surface area contributed by atoms with Crippen molar-refractivity contribution in [1.82, 2.24) is 0 Å². The third-order valence-electron chi connectivity index (χ3n) is 2.52. The molecule has 0 N–H and O–H groups in total. The molecule has 0 aliphatic rings. The van der Waals surface area contributed by atoms with Crippen LogP contribution in [-0.4, -0.2) is 21.7 Å². The lowest BCUT2D eigenvalue weighted by Crippen LogP contribution is -2.07. The van der Waals surface area contributed by atoms with E-state index in [4.69, 9.17) is 0 Å². The molecule has 1 unspecified atom stereocenters. The molecule has 0 bridgehead atoms. The number of unbranched alkanes of at least 4 members (excludes halogenated alkanes) is 3. The summed E-state index contributed by atoms with van der Waals surface area (Å²) in [7, 11) is 0. The van der Waals surface area contributed by atoms with Gasteiger partial charge in [-0.2, -0.15) is 3.54 Å². The molecule has 0 amide bonds. The van der Waals surface area contributed by atoms with Crippen LogP contribution < -0.4 is 0 Å². The van der Waals surface area contributed by atoms with Gasteiger partial charge in [0.2, 0.25) is 21.7 Å². The zero-order valence-corrected chi connectivity index (χ0v) is 10.6. The van der Waals surface area contributed by atoms with E-state index >= 15 is 0 Å². The maximum absolute atomic E-state index is 2.43. The highest BCUT2D eigenvalue weighted by atomic mass is 24.4. The van der Waals surface area contributed by atoms with E-state index in [1.807, 2.05) is 0 Å². The lowest BCUT2D eigenvalue weighted by atomic mass is 9.96. The number of rotatable bonds is 7. The minimum absolute atomic E-state index is 0.630. The molecule has 0 aliphatic heterocycles. The minimum atomic E-state index is 0.630. The molecule has 0 aromatic rings. The first-order valence-electron chi connectivity index (χ1n) is 5.47. The van der Waals surface area contributed by atoms with Crippen molar-refractivity contribution in [2.45, 2.75) is 69.3 Å². The van der Waals surface area contributed by atoms with Crippen molar-refractivity contribution in [2.75, 3.05) is 0 Å². The fourth-order valence-electron chi connectivity index (χ4n) is 1.53. The Bertz CT molecular complexity index is 97.2. The summed E-state index contributed by atoms with van der Waals surface area (Å²) < 4.78 is 0.630. The van der Waals surface area contributed by atoms with Gasteiger partial charge in [0.05, 0.1) is 0 Å². The van der Waals surface area contributed by atoms with Gasteiger partial charge in [-0.05, 0) is 0 Å². The average molecular weight is 180 g/mol. The topological polar surface area (TPSA) is 0 Å². The summed E-state index contributed by atoms with van der Waals surface area (Å²) in [6, 6.07) is 0. The van der Waals surface area contributed by atoms with E-state index in [9.17, 15) is 0 Å². The molecular formula is C11H23Mg. The average Bonchev–Trinajstić information content (AvgIpc) is 2.01. The van der Waals surface area contributed by atoms with Gasteiger partial charge in [-0.25, -0.2) is 0 Å². The molecule has 0 spiro atoms. The number of hydrogen-bond acceptors (Lipinski definition) is 0. The first kappa shape index (κ1) is 12.8. The van der Waals surface area contributed by atoms with Gasteiger partial charge in [-0.1, -0.05) is 65.7 Å². The van der Waals surface area contributed by atoms with Crippen molar-refractivity contribution in [1.29, 1.82) is 0 Å². The van der Waals surface area contributed by atoms with Crippen LogP contribution in [0.15, 0.2) is 0 Å². The van der Waals surface area contributed by atoms with E-state index in [-0.39, 0.29) is 0 Å². The second-order valence-electron chi connectivity index (χ2n) is 4.37. The largest absolute Gasteiger partial charge is 0.232 e. The van der Waals surface area contributed by atoms with Gasteiger partial charge in [0.25, 0.3) is 0 Å². The Kier molecular flexibility index (Phi) is 7.66. The van der Waals surface area contributed by atoms with E-state index in [1.54, 1.807) is 0 Å². The van der Waals surface area contributed by atoms with Crippen LogP contribution in [0.2, 0.25) is 3.54 Å². The second kappa shape index (κ2) is 7.20. The maximum atomic E-state index is 2.43. The smallest absolute Gasteiger partial charge is 0.158 e. The lowest BCUT2D eigenvalue weighted by Gasteiger charge is -2.27. The highest BCUT2D eigenvalue weighted by molar-refractivity contribution is 6.14. The van der Waals surface area contributed by atoms with Gasteiger partial charge in [0.15, 0.2) is 0 Å². The molecule has 0 saturated heterocycles. The van der Waals surface area contributed by atoms with Crippen molar-refractivity contribution >= 4 is 21.7 Å². The van der Waals surface area contributed by atoms with Crippen LogP contribution in [0.4, 0.5) is 0 Å². The molecule has 0 fully saturated rings. The van der Waals surface area contributed by atoms with Crippen molar-refractivity contribution < 1.29 is 0 Å². The molecule has 0 heterocycles. The molecular weight excluding hydrogens is 156 g/mol. The summed E-state index contributed by atoms with van der Waals surface area (Å²) in [4.78, 5) is 0. The molecule has 0 aromatic heterocycles. The zero-order valence-electron chi connectivity index (χ0n) is 9.16. The van der Waals surface area contributed by atoms with Gasteiger partial charge >= 0.3 is 0 Å². The van der Waals surface area contributed by atoms with Crippen LogP contribution in [0.25, 0.3) is 0 Å². The minimum Gasteiger partial charge on any atom is -0.158 e. The second-order valence-corrected chi connectivity index (χ2v) is 6.08. The fourth-order valence-corrected chi connectivity index (χ4v) is 2.03. The van der Waals surface area contributed by atoms with E-state index in [2.05, 4.69) is 42.5 Å². The van der Waals surface area contributed by atoms with Gasteiger partial charge in [0.1, 0.15) is 0 Å². The first-order valence-corrected chi connectivity index (χ1v) is 6.18. The van der Waals surface area contributed by atoms with Crippen LogP contribution in [0, 0.1) is 0 Å². The van der Waals surface area contributed by atoms with Gasteiger partial charge in [0, 0.05) is 0 Å². The molecule has 0 rings (SSSR count). The third kappa shape index (κ3) is 7.42. The van der Waals surface area contributed by atoms with E-state index in [1.165, 1.54) is 44.9 Å². The summed E-state index contributed by atoms with van der Waals surface area (Å²) in [6.07, 6.45) is 9.81. The van der Waals surface area contributed by atoms with Crippen LogP contribution in [0.1, 0.15) is 65.7 Å². The Labute approximate surface area is 90.9 Å². The van der Waals surface area contributed by atoms with Gasteiger partial charge in [-0.3, -0.25) is 0 Å². The predicted molar refractivity (Wildman–Crippen MR) is 57.8 cm³/mol. The molecule has 12 heavy (non-hydrogen) atoms. The van der Waals surface area contributed by atoms with Crippen LogP contribution in [0.3, 0.4) is 0 Å². The van der Waals surface area contributed by atoms with Gasteiger partial charge < -0.3 is 0 Å². The molecule has 1 heteroatoms. The van der Waals surface area contributed by atoms with Crippen molar-refractivity contribution in [3.8, 4) is 0 Å². The Morgan fingerprint density at radius 2 is 1.42 bits per heavy atom. The standard InChI is InChI=1S/C11H23.Mg/c1-4-6-8-10-11(3)9-7-5-2;/h4-10H2,1-3H3;. The van der Waals surface area contributed by atoms with E-state index in [0.29, 0.717) is 3.54 Å². The monoisotopic (exact) mass is 179 g/mol. The SMILES string of the molecule is CCCCC[C](C)([Mg])CCCC. The summed E-state index contributed by atoms with van der Waals surface area (Å²) in [5.74, 6) is 0. The molecule has 1 atom stereocenters. The van der Waals surface area contributed by atoms with Crippen LogP contribution in [0.5, 0.6) is 0 Å². The maximum Gasteiger partial charge on any atom is 0.232 e. The van der Waals surface area contributed by atoms with Gasteiger partial charge in [-0.15, -0.1) is 0 Å². The highest BCUT2D eigenvalue weighted by Gasteiger charge is 2.12. The normalized spacial score (nSPS) is 15.8. The summed E-state index contributed by atoms with van der Waals surface area (Å²) in [6.45, 7) is 6.99. The Balaban J connectivity index is 3.42. The van der Waals surface area contributed by atoms with Crippen LogP contribution >= 0.6 is 0 Å². The van der Waals surface area contributed by atoms with Crippen molar-refractivity contribution in [3.63, 3.8) is 0 Å². The van der Waals surface area contributed by atoms with Crippen molar-refractivity contribution in [3.05, 3.63) is 0 Å². The Hall–Kier alpha value is 0.766. The highest BCUT2D eigenvalue weighted by Crippen LogP contribution is 2.33. The molecule has 0 aromatic carbocycles. The molecule has 0 nitrogen and oxygen atoms in total. The molecule has 0 aliphatic carbocycles. The fraction of sp³-hybridized carbons (Fsp3) is 1.00. The summed E-state index contributed by atoms with van der Waals surface area (Å²) in [5, 5.41) is 0. The van der Waals surface area contributed by atoms with E-state index in [0.717, 1.165) is 0 Å². The quantitative estimate of drug-likeness (QED) is 0.408. The number of hydrogen-bond donors (Lipinski definition) is 0. The summed E-state index contributed by atoms with van der Waals surface area (Å²) in [5.41, 5.74) is 0. The first-order chi connectivity index (χ1) is 5.62. The summed E-state index contributed by atoms with van der Waals surface area (Å²) >= 11 is 2.21. The molecule has 0 saturated carbocycles. The zero-order chi connectivity index (χ0) is 9.45. The lowest BCUT2D eigenvalue weighted by molar-refractivity contribution is 0.469. The predicted octanol–water partition coefficient (Wildman–Crippen LogP) is 4.10.